The van der Waals surface area contributed by atoms with Crippen LogP contribution in [0.15, 0.2) is 46.9 Å². The number of hydrogen-bond donors (Lipinski definition) is 1. The summed E-state index contributed by atoms with van der Waals surface area (Å²) >= 11 is 3.28. The molecule has 0 radical (unpaired) electrons. The molecule has 0 fully saturated rings. The van der Waals surface area contributed by atoms with Gasteiger partial charge in [-0.3, -0.25) is 4.79 Å². The fourth-order valence-corrected chi connectivity index (χ4v) is 2.13. The van der Waals surface area contributed by atoms with Gasteiger partial charge < -0.3 is 10.1 Å². The van der Waals surface area contributed by atoms with E-state index in [0.29, 0.717) is 6.07 Å². The number of carbonyl (C=O) groups excluding carboxylic acids is 2. The van der Waals surface area contributed by atoms with E-state index in [4.69, 9.17) is 4.74 Å². The van der Waals surface area contributed by atoms with E-state index < -0.39 is 41.1 Å². The Labute approximate surface area is 155 Å². The summed E-state index contributed by atoms with van der Waals surface area (Å²) in [6, 6.07) is 8.64. The van der Waals surface area contributed by atoms with Crippen LogP contribution in [0.3, 0.4) is 0 Å². The number of anilines is 1. The van der Waals surface area contributed by atoms with Crippen LogP contribution in [0.5, 0.6) is 0 Å². The van der Waals surface area contributed by atoms with Crippen molar-refractivity contribution in [3.8, 4) is 0 Å². The largest absolute Gasteiger partial charge is 0.449 e. The fraction of sp³-hybridized carbons (Fsp3) is 0.111. The molecule has 2 rings (SSSR count). The lowest BCUT2D eigenvalue weighted by Crippen LogP contribution is -2.29. The average Bonchev–Trinajstić information content (AvgIpc) is 2.61. The highest BCUT2D eigenvalue weighted by Crippen LogP contribution is 2.20. The molecule has 1 unspecified atom stereocenters. The third-order valence-corrected chi connectivity index (χ3v) is 3.77. The van der Waals surface area contributed by atoms with Crippen LogP contribution < -0.4 is 5.32 Å². The molecular formula is C18H13BrF3NO3. The Kier molecular flexibility index (Phi) is 6.57. The molecule has 0 saturated heterocycles. The number of esters is 1. The summed E-state index contributed by atoms with van der Waals surface area (Å²) in [5.41, 5.74) is 0.188. The second kappa shape index (κ2) is 8.66. The van der Waals surface area contributed by atoms with Crippen molar-refractivity contribution < 1.29 is 27.5 Å². The second-order valence-electron chi connectivity index (χ2n) is 5.18. The molecule has 2 aromatic carbocycles. The van der Waals surface area contributed by atoms with Gasteiger partial charge >= 0.3 is 5.97 Å². The zero-order chi connectivity index (χ0) is 19.3. The molecule has 8 heteroatoms. The second-order valence-corrected chi connectivity index (χ2v) is 6.09. The van der Waals surface area contributed by atoms with E-state index in [9.17, 15) is 22.8 Å². The van der Waals surface area contributed by atoms with Crippen molar-refractivity contribution in [2.24, 2.45) is 0 Å². The van der Waals surface area contributed by atoms with Crippen LogP contribution in [0, 0.1) is 17.5 Å². The van der Waals surface area contributed by atoms with Crippen LogP contribution in [-0.4, -0.2) is 18.0 Å². The van der Waals surface area contributed by atoms with Gasteiger partial charge in [-0.1, -0.05) is 28.1 Å². The molecule has 0 spiro atoms. The number of amides is 1. The van der Waals surface area contributed by atoms with Gasteiger partial charge in [0.1, 0.15) is 0 Å². The maximum atomic E-state index is 13.5. The molecule has 136 valence electrons. The van der Waals surface area contributed by atoms with Gasteiger partial charge in [-0.25, -0.2) is 18.0 Å². The molecule has 1 N–H and O–H groups in total. The smallest absolute Gasteiger partial charge is 0.331 e. The first kappa shape index (κ1) is 19.7. The highest BCUT2D eigenvalue weighted by atomic mass is 79.9. The highest BCUT2D eigenvalue weighted by Gasteiger charge is 2.20. The molecule has 0 aliphatic heterocycles. The first-order chi connectivity index (χ1) is 12.3. The lowest BCUT2D eigenvalue weighted by atomic mass is 10.2. The lowest BCUT2D eigenvalue weighted by molar-refractivity contribution is -0.148. The van der Waals surface area contributed by atoms with E-state index in [1.807, 2.05) is 5.32 Å². The van der Waals surface area contributed by atoms with Crippen molar-refractivity contribution in [3.63, 3.8) is 0 Å². The van der Waals surface area contributed by atoms with E-state index >= 15 is 0 Å². The molecule has 2 aromatic rings. The van der Waals surface area contributed by atoms with Crippen LogP contribution in [-0.2, 0) is 14.3 Å². The molecule has 4 nitrogen and oxygen atoms in total. The molecule has 0 aliphatic rings. The minimum Gasteiger partial charge on any atom is -0.449 e. The van der Waals surface area contributed by atoms with Crippen LogP contribution in [0.4, 0.5) is 18.9 Å². The topological polar surface area (TPSA) is 55.4 Å². The van der Waals surface area contributed by atoms with Gasteiger partial charge in [0.15, 0.2) is 23.6 Å². The number of benzene rings is 2. The summed E-state index contributed by atoms with van der Waals surface area (Å²) in [6.45, 7) is 1.26. The van der Waals surface area contributed by atoms with Gasteiger partial charge in [-0.05, 0) is 42.8 Å². The monoisotopic (exact) mass is 427 g/mol. The van der Waals surface area contributed by atoms with Crippen LogP contribution >= 0.6 is 15.9 Å². The maximum Gasteiger partial charge on any atom is 0.331 e. The molecule has 26 heavy (non-hydrogen) atoms. The molecular weight excluding hydrogens is 415 g/mol. The first-order valence-corrected chi connectivity index (χ1v) is 8.16. The van der Waals surface area contributed by atoms with E-state index in [-0.39, 0.29) is 0 Å². The van der Waals surface area contributed by atoms with Gasteiger partial charge in [0, 0.05) is 10.5 Å². The van der Waals surface area contributed by atoms with Crippen LogP contribution in [0.1, 0.15) is 12.5 Å². The molecule has 0 saturated carbocycles. The normalized spacial score (nSPS) is 12.0. The fourth-order valence-electron chi connectivity index (χ4n) is 1.86. The lowest BCUT2D eigenvalue weighted by Gasteiger charge is -2.13. The van der Waals surface area contributed by atoms with Crippen molar-refractivity contribution in [3.05, 3.63) is 70.0 Å². The van der Waals surface area contributed by atoms with Gasteiger partial charge in [0.05, 0.1) is 5.69 Å². The summed E-state index contributed by atoms with van der Waals surface area (Å²) in [6.07, 6.45) is 1.35. The van der Waals surface area contributed by atoms with Crippen molar-refractivity contribution >= 4 is 39.6 Å². The van der Waals surface area contributed by atoms with E-state index in [0.717, 1.165) is 22.2 Å². The van der Waals surface area contributed by atoms with E-state index in [1.54, 1.807) is 24.3 Å². The van der Waals surface area contributed by atoms with E-state index in [2.05, 4.69) is 15.9 Å². The Morgan fingerprint density at radius 1 is 1.08 bits per heavy atom. The number of hydrogen-bond acceptors (Lipinski definition) is 3. The Morgan fingerprint density at radius 2 is 1.73 bits per heavy atom. The summed E-state index contributed by atoms with van der Waals surface area (Å²) in [4.78, 5) is 23.6. The van der Waals surface area contributed by atoms with Gasteiger partial charge in [-0.15, -0.1) is 0 Å². The Balaban J connectivity index is 1.95. The Morgan fingerprint density at radius 3 is 2.38 bits per heavy atom. The minimum atomic E-state index is -1.70. The van der Waals surface area contributed by atoms with Crippen LogP contribution in [0.25, 0.3) is 6.08 Å². The zero-order valence-corrected chi connectivity index (χ0v) is 15.0. The summed E-state index contributed by atoms with van der Waals surface area (Å²) in [5.74, 6) is -6.29. The maximum absolute atomic E-state index is 13.5. The molecule has 1 amide bonds. The number of carbonyl (C=O) groups is 2. The van der Waals surface area contributed by atoms with Crippen LogP contribution in [0.2, 0.25) is 0 Å². The Hall–Kier alpha value is -2.61. The quantitative estimate of drug-likeness (QED) is 0.435. The average molecular weight is 428 g/mol. The summed E-state index contributed by atoms with van der Waals surface area (Å²) in [5, 5.41) is 2.04. The zero-order valence-electron chi connectivity index (χ0n) is 13.4. The number of nitrogens with one attached hydrogen (secondary N) is 1. The van der Waals surface area contributed by atoms with Crippen molar-refractivity contribution in [1.29, 1.82) is 0 Å². The Bertz CT molecular complexity index is 854. The number of ether oxygens (including phenoxy) is 1. The predicted molar refractivity (Wildman–Crippen MR) is 93.7 cm³/mol. The third kappa shape index (κ3) is 5.19. The highest BCUT2D eigenvalue weighted by molar-refractivity contribution is 9.10. The van der Waals surface area contributed by atoms with Crippen molar-refractivity contribution in [1.82, 2.24) is 0 Å². The molecule has 1 atom stereocenters. The van der Waals surface area contributed by atoms with Crippen molar-refractivity contribution in [2.45, 2.75) is 13.0 Å². The van der Waals surface area contributed by atoms with Gasteiger partial charge in [0.25, 0.3) is 5.91 Å². The van der Waals surface area contributed by atoms with Gasteiger partial charge in [-0.2, -0.15) is 0 Å². The standard InChI is InChI=1S/C18H13BrF3NO3/c1-10(18(25)23-14-8-7-13(20)16(21)17(14)22)26-15(24)9-4-11-2-5-12(19)6-3-11/h2-10H,1H3,(H,23,25). The molecule has 0 bridgehead atoms. The molecule has 0 aliphatic carbocycles. The minimum absolute atomic E-state index is 0.554. The third-order valence-electron chi connectivity index (χ3n) is 3.24. The number of halogens is 4. The van der Waals surface area contributed by atoms with Crippen molar-refractivity contribution in [2.75, 3.05) is 5.32 Å². The summed E-state index contributed by atoms with van der Waals surface area (Å²) in [7, 11) is 0. The molecule has 0 aromatic heterocycles. The SMILES string of the molecule is CC(OC(=O)C=Cc1ccc(Br)cc1)C(=O)Nc1ccc(F)c(F)c1F. The first-order valence-electron chi connectivity index (χ1n) is 7.36. The molecule has 0 heterocycles. The van der Waals surface area contributed by atoms with Gasteiger partial charge in [0.2, 0.25) is 0 Å². The van der Waals surface area contributed by atoms with E-state index in [1.165, 1.54) is 13.0 Å². The number of rotatable bonds is 5. The summed E-state index contributed by atoms with van der Waals surface area (Å²) < 4.78 is 45.3. The predicted octanol–water partition coefficient (Wildman–Crippen LogP) is 4.45.